The minimum Gasteiger partial charge on any atom is -0.463 e. The number of nitrogens with zero attached hydrogens (tertiary/aromatic N) is 3. The summed E-state index contributed by atoms with van der Waals surface area (Å²) in [6.45, 7) is 5.97. The lowest BCUT2D eigenvalue weighted by Gasteiger charge is -2.27. The van der Waals surface area contributed by atoms with Crippen LogP contribution in [0.2, 0.25) is 0 Å². The van der Waals surface area contributed by atoms with E-state index >= 15 is 0 Å². The summed E-state index contributed by atoms with van der Waals surface area (Å²) in [6, 6.07) is 1.74. The third-order valence-corrected chi connectivity index (χ3v) is 2.97. The summed E-state index contributed by atoms with van der Waals surface area (Å²) in [5.41, 5.74) is 0. The van der Waals surface area contributed by atoms with Crippen molar-refractivity contribution in [2.75, 3.05) is 51.7 Å². The summed E-state index contributed by atoms with van der Waals surface area (Å²) in [5.74, 6) is 0.200. The first-order chi connectivity index (χ1) is 9.29. The fourth-order valence-corrected chi connectivity index (χ4v) is 1.92. The van der Waals surface area contributed by atoms with E-state index in [-0.39, 0.29) is 5.82 Å². The first kappa shape index (κ1) is 13.7. The van der Waals surface area contributed by atoms with Crippen LogP contribution >= 0.6 is 0 Å². The molecule has 2 N–H and O–H groups in total. The maximum Gasteiger partial charge on any atom is 0.376 e. The van der Waals surface area contributed by atoms with E-state index in [2.05, 4.69) is 30.2 Å². The van der Waals surface area contributed by atoms with Crippen molar-refractivity contribution in [2.24, 2.45) is 0 Å². The second-order valence-electron chi connectivity index (χ2n) is 4.28. The maximum atomic E-state index is 11.3. The van der Waals surface area contributed by atoms with E-state index in [0.717, 1.165) is 39.3 Å². The van der Waals surface area contributed by atoms with E-state index in [9.17, 15) is 4.79 Å². The molecule has 1 fully saturated rings. The largest absolute Gasteiger partial charge is 0.463 e. The van der Waals surface area contributed by atoms with Crippen molar-refractivity contribution in [3.05, 3.63) is 18.1 Å². The van der Waals surface area contributed by atoms with E-state index < -0.39 is 5.97 Å². The number of hydrogen-bond donors (Lipinski definition) is 2. The lowest BCUT2D eigenvalue weighted by atomic mass is 10.3. The molecule has 7 heteroatoms. The second kappa shape index (κ2) is 7.01. The Hall–Kier alpha value is -1.73. The van der Waals surface area contributed by atoms with Crippen LogP contribution in [-0.4, -0.2) is 67.2 Å². The zero-order chi connectivity index (χ0) is 13.5. The average Bonchev–Trinajstić information content (AvgIpc) is 2.48. The van der Waals surface area contributed by atoms with Crippen LogP contribution < -0.4 is 10.6 Å². The molecule has 1 aromatic heterocycles. The van der Waals surface area contributed by atoms with Gasteiger partial charge in [-0.25, -0.2) is 14.8 Å². The predicted octanol–water partition coefficient (Wildman–Crippen LogP) is -0.420. The Morgan fingerprint density at radius 3 is 3.05 bits per heavy atom. The van der Waals surface area contributed by atoms with Crippen molar-refractivity contribution in [2.45, 2.75) is 0 Å². The number of piperazine rings is 1. The minimum atomic E-state index is -0.522. The van der Waals surface area contributed by atoms with Crippen LogP contribution in [0.3, 0.4) is 0 Å². The van der Waals surface area contributed by atoms with E-state index in [1.165, 1.54) is 7.11 Å². The van der Waals surface area contributed by atoms with Crippen molar-refractivity contribution in [1.29, 1.82) is 0 Å². The molecule has 0 atom stereocenters. The summed E-state index contributed by atoms with van der Waals surface area (Å²) in [7, 11) is 1.32. The van der Waals surface area contributed by atoms with Gasteiger partial charge in [-0.1, -0.05) is 0 Å². The minimum absolute atomic E-state index is 0.0784. The molecule has 2 heterocycles. The molecule has 0 spiro atoms. The molecule has 104 valence electrons. The van der Waals surface area contributed by atoms with Gasteiger partial charge in [-0.05, 0) is 6.07 Å². The molecule has 0 saturated carbocycles. The molecule has 1 aromatic rings. The lowest BCUT2D eigenvalue weighted by Crippen LogP contribution is -2.45. The van der Waals surface area contributed by atoms with Gasteiger partial charge >= 0.3 is 5.97 Å². The van der Waals surface area contributed by atoms with Gasteiger partial charge in [0.1, 0.15) is 5.82 Å². The van der Waals surface area contributed by atoms with Crippen molar-refractivity contribution in [1.82, 2.24) is 20.2 Å². The van der Waals surface area contributed by atoms with Crippen LogP contribution in [0.5, 0.6) is 0 Å². The Kier molecular flexibility index (Phi) is 5.05. The highest BCUT2D eigenvalue weighted by molar-refractivity contribution is 5.85. The molecule has 0 unspecified atom stereocenters. The van der Waals surface area contributed by atoms with Crippen LogP contribution in [-0.2, 0) is 4.74 Å². The number of methoxy groups -OCH3 is 1. The van der Waals surface area contributed by atoms with Crippen LogP contribution in [0.1, 0.15) is 10.6 Å². The van der Waals surface area contributed by atoms with Gasteiger partial charge in [0.05, 0.1) is 7.11 Å². The highest BCUT2D eigenvalue weighted by Gasteiger charge is 2.10. The molecule has 0 radical (unpaired) electrons. The highest BCUT2D eigenvalue weighted by Crippen LogP contribution is 2.03. The summed E-state index contributed by atoms with van der Waals surface area (Å²) >= 11 is 0. The molecule has 0 bridgehead atoms. The third kappa shape index (κ3) is 4.15. The summed E-state index contributed by atoms with van der Waals surface area (Å²) < 4.78 is 4.58. The van der Waals surface area contributed by atoms with Gasteiger partial charge in [0, 0.05) is 45.5 Å². The van der Waals surface area contributed by atoms with E-state index in [4.69, 9.17) is 0 Å². The van der Waals surface area contributed by atoms with Gasteiger partial charge < -0.3 is 15.4 Å². The number of rotatable bonds is 5. The number of ether oxygens (including phenoxy) is 1. The summed E-state index contributed by atoms with van der Waals surface area (Å²) in [5, 5.41) is 6.51. The zero-order valence-electron chi connectivity index (χ0n) is 11.1. The number of hydrogen-bond acceptors (Lipinski definition) is 7. The second-order valence-corrected chi connectivity index (χ2v) is 4.28. The Balaban J connectivity index is 1.80. The SMILES string of the molecule is COC(=O)c1nccc(NCCN2CCNCC2)n1. The van der Waals surface area contributed by atoms with Crippen molar-refractivity contribution >= 4 is 11.8 Å². The van der Waals surface area contributed by atoms with Crippen molar-refractivity contribution < 1.29 is 9.53 Å². The molecule has 0 amide bonds. The Bertz CT molecular complexity index is 420. The van der Waals surface area contributed by atoms with Crippen LogP contribution in [0.15, 0.2) is 12.3 Å². The van der Waals surface area contributed by atoms with Crippen LogP contribution in [0.4, 0.5) is 5.82 Å². The molecule has 0 aliphatic carbocycles. The van der Waals surface area contributed by atoms with Crippen LogP contribution in [0, 0.1) is 0 Å². The number of esters is 1. The average molecular weight is 265 g/mol. The summed E-state index contributed by atoms with van der Waals surface area (Å²) in [4.78, 5) is 21.6. The fraction of sp³-hybridized carbons (Fsp3) is 0.583. The maximum absolute atomic E-state index is 11.3. The molecule has 0 aromatic carbocycles. The van der Waals surface area contributed by atoms with Gasteiger partial charge in [0.25, 0.3) is 0 Å². The van der Waals surface area contributed by atoms with Gasteiger partial charge in [0.2, 0.25) is 5.82 Å². The van der Waals surface area contributed by atoms with Gasteiger partial charge in [-0.2, -0.15) is 0 Å². The first-order valence-corrected chi connectivity index (χ1v) is 6.38. The monoisotopic (exact) mass is 265 g/mol. The standard InChI is InChI=1S/C12H19N5O2/c1-19-12(18)11-15-3-2-10(16-11)14-6-9-17-7-4-13-5-8-17/h2-3,13H,4-9H2,1H3,(H,14,15,16). The number of carbonyl (C=O) groups is 1. The smallest absolute Gasteiger partial charge is 0.376 e. The van der Waals surface area contributed by atoms with E-state index in [1.54, 1.807) is 12.3 Å². The van der Waals surface area contributed by atoms with Crippen molar-refractivity contribution in [3.63, 3.8) is 0 Å². The Labute approximate surface area is 112 Å². The lowest BCUT2D eigenvalue weighted by molar-refractivity contribution is 0.0587. The van der Waals surface area contributed by atoms with E-state index in [1.807, 2.05) is 0 Å². The number of aromatic nitrogens is 2. The van der Waals surface area contributed by atoms with Gasteiger partial charge in [-0.3, -0.25) is 4.90 Å². The number of anilines is 1. The predicted molar refractivity (Wildman–Crippen MR) is 71.2 cm³/mol. The topological polar surface area (TPSA) is 79.4 Å². The number of nitrogens with one attached hydrogen (secondary N) is 2. The first-order valence-electron chi connectivity index (χ1n) is 6.38. The highest BCUT2D eigenvalue weighted by atomic mass is 16.5. The third-order valence-electron chi connectivity index (χ3n) is 2.97. The molecular weight excluding hydrogens is 246 g/mol. The molecule has 19 heavy (non-hydrogen) atoms. The summed E-state index contributed by atoms with van der Waals surface area (Å²) in [6.07, 6.45) is 1.55. The van der Waals surface area contributed by atoms with Crippen molar-refractivity contribution in [3.8, 4) is 0 Å². The molecule has 1 aliphatic rings. The van der Waals surface area contributed by atoms with Gasteiger partial charge in [0.15, 0.2) is 0 Å². The Morgan fingerprint density at radius 1 is 1.53 bits per heavy atom. The molecule has 1 aliphatic heterocycles. The fourth-order valence-electron chi connectivity index (χ4n) is 1.92. The van der Waals surface area contributed by atoms with Crippen LogP contribution in [0.25, 0.3) is 0 Å². The van der Waals surface area contributed by atoms with E-state index in [0.29, 0.717) is 5.82 Å². The molecule has 2 rings (SSSR count). The normalized spacial score (nSPS) is 16.1. The zero-order valence-corrected chi connectivity index (χ0v) is 11.1. The molecule has 1 saturated heterocycles. The quantitative estimate of drug-likeness (QED) is 0.700. The number of carbonyl (C=O) groups excluding carboxylic acids is 1. The van der Waals surface area contributed by atoms with Gasteiger partial charge in [-0.15, -0.1) is 0 Å². The molecule has 7 nitrogen and oxygen atoms in total. The Morgan fingerprint density at radius 2 is 2.32 bits per heavy atom. The molecular formula is C12H19N5O2.